The molecule has 1 saturated carbocycles. The van der Waals surface area contributed by atoms with Crippen LogP contribution < -0.4 is 11.1 Å². The van der Waals surface area contributed by atoms with Crippen molar-refractivity contribution in [2.24, 2.45) is 11.7 Å². The largest absolute Gasteiger partial charge is 0.369 e. The van der Waals surface area contributed by atoms with Crippen molar-refractivity contribution in [1.29, 1.82) is 0 Å². The SMILES string of the molecule is NC(=O)C1CCN(C(=O)C(=O)NC[C@@H]2COC3(CCCC3)O2)CC1. The summed E-state index contributed by atoms with van der Waals surface area (Å²) in [7, 11) is 0. The van der Waals surface area contributed by atoms with Crippen LogP contribution in [0.15, 0.2) is 0 Å². The second-order valence-corrected chi connectivity index (χ2v) is 6.85. The Bertz CT molecular complexity index is 510. The maximum absolute atomic E-state index is 12.2. The number of piperidine rings is 1. The lowest BCUT2D eigenvalue weighted by molar-refractivity contribution is -0.162. The lowest BCUT2D eigenvalue weighted by atomic mass is 9.96. The molecule has 1 atom stereocenters. The van der Waals surface area contributed by atoms with Crippen LogP contribution in [0.25, 0.3) is 0 Å². The molecule has 24 heavy (non-hydrogen) atoms. The molecule has 3 amide bonds. The van der Waals surface area contributed by atoms with Crippen LogP contribution in [-0.2, 0) is 23.9 Å². The minimum absolute atomic E-state index is 0.205. The Labute approximate surface area is 141 Å². The van der Waals surface area contributed by atoms with Crippen molar-refractivity contribution >= 4 is 17.7 Å². The van der Waals surface area contributed by atoms with Gasteiger partial charge >= 0.3 is 11.8 Å². The number of carbonyl (C=O) groups excluding carboxylic acids is 3. The van der Waals surface area contributed by atoms with Crippen LogP contribution >= 0.6 is 0 Å². The molecule has 1 aliphatic carbocycles. The second kappa shape index (κ2) is 7.06. The van der Waals surface area contributed by atoms with E-state index in [0.717, 1.165) is 25.7 Å². The highest BCUT2D eigenvalue weighted by atomic mass is 16.7. The molecule has 3 rings (SSSR count). The number of hydrogen-bond acceptors (Lipinski definition) is 5. The van der Waals surface area contributed by atoms with Crippen molar-refractivity contribution in [1.82, 2.24) is 10.2 Å². The second-order valence-electron chi connectivity index (χ2n) is 6.85. The first kappa shape index (κ1) is 17.2. The fraction of sp³-hybridized carbons (Fsp3) is 0.812. The minimum atomic E-state index is -0.636. The molecule has 2 aliphatic heterocycles. The molecule has 2 heterocycles. The van der Waals surface area contributed by atoms with Crippen molar-refractivity contribution < 1.29 is 23.9 Å². The van der Waals surface area contributed by atoms with Gasteiger partial charge in [0.2, 0.25) is 5.91 Å². The average molecular weight is 339 g/mol. The molecule has 3 N–H and O–H groups in total. The Morgan fingerprint density at radius 1 is 1.17 bits per heavy atom. The third-order valence-electron chi connectivity index (χ3n) is 5.15. The van der Waals surface area contributed by atoms with Gasteiger partial charge in [-0.2, -0.15) is 0 Å². The van der Waals surface area contributed by atoms with Crippen molar-refractivity contribution in [2.75, 3.05) is 26.2 Å². The Morgan fingerprint density at radius 3 is 2.46 bits per heavy atom. The van der Waals surface area contributed by atoms with Gasteiger partial charge in [-0.05, 0) is 25.7 Å². The number of nitrogens with one attached hydrogen (secondary N) is 1. The van der Waals surface area contributed by atoms with Crippen LogP contribution in [0.4, 0.5) is 0 Å². The third-order valence-corrected chi connectivity index (χ3v) is 5.15. The van der Waals surface area contributed by atoms with Gasteiger partial charge in [0.25, 0.3) is 0 Å². The van der Waals surface area contributed by atoms with Gasteiger partial charge in [0.15, 0.2) is 5.79 Å². The van der Waals surface area contributed by atoms with Gasteiger partial charge in [-0.15, -0.1) is 0 Å². The van der Waals surface area contributed by atoms with Crippen LogP contribution in [0.1, 0.15) is 38.5 Å². The van der Waals surface area contributed by atoms with Crippen molar-refractivity contribution in [3.8, 4) is 0 Å². The first-order valence-corrected chi connectivity index (χ1v) is 8.67. The molecule has 1 spiro atoms. The number of primary amides is 1. The molecule has 2 saturated heterocycles. The molecular formula is C16H25N3O5. The fourth-order valence-corrected chi connectivity index (χ4v) is 3.69. The molecule has 0 unspecified atom stereocenters. The lowest BCUT2D eigenvalue weighted by Gasteiger charge is -2.30. The third kappa shape index (κ3) is 3.70. The van der Waals surface area contributed by atoms with E-state index >= 15 is 0 Å². The van der Waals surface area contributed by atoms with Crippen molar-refractivity contribution in [2.45, 2.75) is 50.4 Å². The quantitative estimate of drug-likeness (QED) is 0.674. The molecule has 8 nitrogen and oxygen atoms in total. The van der Waals surface area contributed by atoms with Crippen LogP contribution in [0.2, 0.25) is 0 Å². The summed E-state index contributed by atoms with van der Waals surface area (Å²) in [5.41, 5.74) is 5.27. The molecule has 0 aromatic rings. The van der Waals surface area contributed by atoms with E-state index in [1.54, 1.807) is 0 Å². The van der Waals surface area contributed by atoms with Crippen molar-refractivity contribution in [3.05, 3.63) is 0 Å². The van der Waals surface area contributed by atoms with E-state index in [-0.39, 0.29) is 24.5 Å². The van der Waals surface area contributed by atoms with E-state index in [9.17, 15) is 14.4 Å². The number of rotatable bonds is 3. The molecule has 0 aromatic carbocycles. The van der Waals surface area contributed by atoms with Crippen LogP contribution in [0.3, 0.4) is 0 Å². The van der Waals surface area contributed by atoms with Gasteiger partial charge in [-0.25, -0.2) is 0 Å². The number of nitrogens with two attached hydrogens (primary N) is 1. The molecule has 3 aliphatic rings. The monoisotopic (exact) mass is 339 g/mol. The summed E-state index contributed by atoms with van der Waals surface area (Å²) in [5.74, 6) is -2.21. The Hall–Kier alpha value is -1.67. The normalized spacial score (nSPS) is 26.7. The lowest BCUT2D eigenvalue weighted by Crippen LogP contribution is -2.49. The van der Waals surface area contributed by atoms with Gasteiger partial charge in [0, 0.05) is 38.4 Å². The topological polar surface area (TPSA) is 111 Å². The predicted octanol–water partition coefficient (Wildman–Crippen LogP) is -0.488. The van der Waals surface area contributed by atoms with Gasteiger partial charge in [-0.1, -0.05) is 0 Å². The number of carbonyl (C=O) groups is 3. The van der Waals surface area contributed by atoms with E-state index in [1.165, 1.54) is 4.90 Å². The zero-order valence-electron chi connectivity index (χ0n) is 13.8. The number of nitrogens with zero attached hydrogens (tertiary/aromatic N) is 1. The Morgan fingerprint density at radius 2 is 1.83 bits per heavy atom. The number of hydrogen-bond donors (Lipinski definition) is 2. The first-order chi connectivity index (χ1) is 11.5. The molecule has 8 heteroatoms. The van der Waals surface area contributed by atoms with Gasteiger partial charge in [0.05, 0.1) is 6.61 Å². The average Bonchev–Trinajstić information content (AvgIpc) is 3.22. The van der Waals surface area contributed by atoms with Crippen LogP contribution in [0, 0.1) is 5.92 Å². The zero-order chi connectivity index (χ0) is 17.2. The molecule has 134 valence electrons. The molecule has 3 fully saturated rings. The number of ether oxygens (including phenoxy) is 2. The van der Waals surface area contributed by atoms with E-state index in [0.29, 0.717) is 32.5 Å². The summed E-state index contributed by atoms with van der Waals surface area (Å²) in [6, 6.07) is 0. The van der Waals surface area contributed by atoms with E-state index in [2.05, 4.69) is 5.32 Å². The highest BCUT2D eigenvalue weighted by molar-refractivity contribution is 6.35. The minimum Gasteiger partial charge on any atom is -0.369 e. The summed E-state index contributed by atoms with van der Waals surface area (Å²) in [4.78, 5) is 36.8. The first-order valence-electron chi connectivity index (χ1n) is 8.67. The molecule has 0 bridgehead atoms. The molecule has 0 aromatic heterocycles. The molecule has 0 radical (unpaired) electrons. The summed E-state index contributed by atoms with van der Waals surface area (Å²) in [6.07, 6.45) is 4.79. The van der Waals surface area contributed by atoms with E-state index < -0.39 is 17.6 Å². The van der Waals surface area contributed by atoms with Gasteiger partial charge < -0.3 is 25.4 Å². The number of amides is 3. The van der Waals surface area contributed by atoms with E-state index in [4.69, 9.17) is 15.2 Å². The summed E-state index contributed by atoms with van der Waals surface area (Å²) < 4.78 is 11.7. The number of likely N-dealkylation sites (tertiary alicyclic amines) is 1. The summed E-state index contributed by atoms with van der Waals surface area (Å²) >= 11 is 0. The zero-order valence-corrected chi connectivity index (χ0v) is 13.8. The summed E-state index contributed by atoms with van der Waals surface area (Å²) in [6.45, 7) is 1.47. The summed E-state index contributed by atoms with van der Waals surface area (Å²) in [5, 5.41) is 2.64. The Kier molecular flexibility index (Phi) is 5.05. The standard InChI is InChI=1S/C16H25N3O5/c17-13(20)11-3-7-19(8-4-11)15(22)14(21)18-9-12-10-23-16(24-12)5-1-2-6-16/h11-12H,1-10H2,(H2,17,20)(H,18,21)/t12-/m1/s1. The van der Waals surface area contributed by atoms with Crippen molar-refractivity contribution in [3.63, 3.8) is 0 Å². The highest BCUT2D eigenvalue weighted by Crippen LogP contribution is 2.38. The van der Waals surface area contributed by atoms with Gasteiger partial charge in [0.1, 0.15) is 6.10 Å². The fourth-order valence-electron chi connectivity index (χ4n) is 3.69. The Balaban J connectivity index is 1.41. The molecular weight excluding hydrogens is 314 g/mol. The maximum atomic E-state index is 12.2. The highest BCUT2D eigenvalue weighted by Gasteiger charge is 2.43. The maximum Gasteiger partial charge on any atom is 0.311 e. The van der Waals surface area contributed by atoms with Crippen LogP contribution in [-0.4, -0.2) is 60.8 Å². The smallest absolute Gasteiger partial charge is 0.311 e. The van der Waals surface area contributed by atoms with Gasteiger partial charge in [-0.3, -0.25) is 14.4 Å². The predicted molar refractivity (Wildman–Crippen MR) is 83.5 cm³/mol. The van der Waals surface area contributed by atoms with E-state index in [1.807, 2.05) is 0 Å². The van der Waals surface area contributed by atoms with Crippen LogP contribution in [0.5, 0.6) is 0 Å².